The van der Waals surface area contributed by atoms with Gasteiger partial charge < -0.3 is 9.64 Å². The van der Waals surface area contributed by atoms with E-state index in [4.69, 9.17) is 4.74 Å². The van der Waals surface area contributed by atoms with Crippen LogP contribution in [0.15, 0.2) is 48.5 Å². The average molecular weight is 445 g/mol. The summed E-state index contributed by atoms with van der Waals surface area (Å²) < 4.78 is 84.7. The van der Waals surface area contributed by atoms with Crippen LogP contribution in [-0.2, 0) is 27.4 Å². The number of benzene rings is 2. The molecule has 0 radical (unpaired) electrons. The lowest BCUT2D eigenvalue weighted by Gasteiger charge is -2.37. The summed E-state index contributed by atoms with van der Waals surface area (Å²) >= 11 is 0. The van der Waals surface area contributed by atoms with E-state index in [2.05, 4.69) is 0 Å². The Morgan fingerprint density at radius 1 is 1.00 bits per heavy atom. The van der Waals surface area contributed by atoms with E-state index in [-0.39, 0.29) is 30.6 Å². The fourth-order valence-electron chi connectivity index (χ4n) is 3.80. The van der Waals surface area contributed by atoms with E-state index < -0.39 is 35.1 Å². The molecular weight excluding hydrogens is 424 g/mol. The smallest absolute Gasteiger partial charge is 0.371 e. The Kier molecular flexibility index (Phi) is 6.10. The monoisotopic (exact) mass is 445 g/mol. The molecule has 0 unspecified atom stereocenters. The molecule has 0 N–H and O–H groups in total. The molecule has 2 aromatic rings. The van der Waals surface area contributed by atoms with E-state index >= 15 is 0 Å². The molecule has 1 aliphatic heterocycles. The van der Waals surface area contributed by atoms with Crippen LogP contribution in [0.4, 0.5) is 26.3 Å². The summed E-state index contributed by atoms with van der Waals surface area (Å²) in [5.41, 5.74) is -3.08. The van der Waals surface area contributed by atoms with Gasteiger partial charge in [-0.2, -0.15) is 26.3 Å². The molecule has 9 heteroatoms. The zero-order valence-electron chi connectivity index (χ0n) is 16.8. The summed E-state index contributed by atoms with van der Waals surface area (Å²) in [7, 11) is 1.61. The maximum absolute atomic E-state index is 13.2. The SMILES string of the molecule is C[C@@H](OC[C@@]1(c2ccccc2)CCC(=O)N1C)c1cc(C(F)(F)F)cc(C(F)(F)F)c1. The van der Waals surface area contributed by atoms with Crippen LogP contribution in [-0.4, -0.2) is 24.5 Å². The van der Waals surface area contributed by atoms with E-state index in [1.807, 2.05) is 12.1 Å². The number of alkyl halides is 6. The number of ether oxygens (including phenoxy) is 1. The number of rotatable bonds is 5. The van der Waals surface area contributed by atoms with Crippen molar-refractivity contribution >= 4 is 5.91 Å². The first-order valence-electron chi connectivity index (χ1n) is 9.58. The highest BCUT2D eigenvalue weighted by molar-refractivity contribution is 5.79. The van der Waals surface area contributed by atoms with Crippen molar-refractivity contribution in [2.24, 2.45) is 0 Å². The molecule has 1 heterocycles. The molecule has 3 rings (SSSR count). The molecule has 2 aromatic carbocycles. The molecule has 31 heavy (non-hydrogen) atoms. The first-order valence-corrected chi connectivity index (χ1v) is 9.58. The largest absolute Gasteiger partial charge is 0.416 e. The molecular formula is C22H21F6NO2. The molecule has 0 aromatic heterocycles. The number of hydrogen-bond donors (Lipinski definition) is 0. The molecule has 1 saturated heterocycles. The maximum atomic E-state index is 13.2. The van der Waals surface area contributed by atoms with Crippen molar-refractivity contribution in [3.05, 3.63) is 70.8 Å². The number of hydrogen-bond acceptors (Lipinski definition) is 2. The number of likely N-dealkylation sites (tertiary alicyclic amines) is 1. The Balaban J connectivity index is 1.92. The number of nitrogens with zero attached hydrogens (tertiary/aromatic N) is 1. The predicted octanol–water partition coefficient (Wildman–Crippen LogP) is 5.95. The third kappa shape index (κ3) is 4.71. The van der Waals surface area contributed by atoms with Gasteiger partial charge in [-0.05, 0) is 42.7 Å². The zero-order valence-corrected chi connectivity index (χ0v) is 16.8. The Morgan fingerprint density at radius 2 is 1.55 bits per heavy atom. The molecule has 1 amide bonds. The van der Waals surface area contributed by atoms with Crippen LogP contribution < -0.4 is 0 Å². The second kappa shape index (κ2) is 8.18. The van der Waals surface area contributed by atoms with Crippen molar-refractivity contribution < 1.29 is 35.9 Å². The Bertz CT molecular complexity index is 909. The highest BCUT2D eigenvalue weighted by atomic mass is 19.4. The number of likely N-dealkylation sites (N-methyl/N-ethyl adjacent to an activating group) is 1. The van der Waals surface area contributed by atoms with Crippen LogP contribution in [0.5, 0.6) is 0 Å². The number of amides is 1. The van der Waals surface area contributed by atoms with Crippen molar-refractivity contribution in [3.8, 4) is 0 Å². The normalized spacial score (nSPS) is 20.9. The Morgan fingerprint density at radius 3 is 2.00 bits per heavy atom. The van der Waals surface area contributed by atoms with Gasteiger partial charge in [-0.25, -0.2) is 0 Å². The predicted molar refractivity (Wildman–Crippen MR) is 101 cm³/mol. The van der Waals surface area contributed by atoms with Gasteiger partial charge in [0, 0.05) is 13.5 Å². The number of carbonyl (C=O) groups is 1. The molecule has 0 bridgehead atoms. The molecule has 1 aliphatic rings. The lowest BCUT2D eigenvalue weighted by atomic mass is 9.88. The van der Waals surface area contributed by atoms with Gasteiger partial charge in [-0.1, -0.05) is 30.3 Å². The second-order valence-corrected chi connectivity index (χ2v) is 7.64. The van der Waals surface area contributed by atoms with E-state index in [0.29, 0.717) is 18.6 Å². The van der Waals surface area contributed by atoms with Crippen LogP contribution in [0.2, 0.25) is 0 Å². The quantitative estimate of drug-likeness (QED) is 0.533. The van der Waals surface area contributed by atoms with Crippen LogP contribution in [0.3, 0.4) is 0 Å². The Labute approximate surface area is 175 Å². The van der Waals surface area contributed by atoms with E-state index in [0.717, 1.165) is 5.56 Å². The van der Waals surface area contributed by atoms with Gasteiger partial charge in [0.05, 0.1) is 29.4 Å². The van der Waals surface area contributed by atoms with Crippen LogP contribution in [0.1, 0.15) is 48.1 Å². The highest BCUT2D eigenvalue weighted by Crippen LogP contribution is 2.41. The van der Waals surface area contributed by atoms with Gasteiger partial charge >= 0.3 is 12.4 Å². The fraction of sp³-hybridized carbons (Fsp3) is 0.409. The molecule has 0 spiro atoms. The maximum Gasteiger partial charge on any atom is 0.416 e. The van der Waals surface area contributed by atoms with E-state index in [9.17, 15) is 31.1 Å². The van der Waals surface area contributed by atoms with E-state index in [1.54, 1.807) is 25.2 Å². The summed E-state index contributed by atoms with van der Waals surface area (Å²) in [6.07, 6.45) is -10.2. The molecule has 168 valence electrons. The molecule has 0 saturated carbocycles. The van der Waals surface area contributed by atoms with Crippen molar-refractivity contribution in [1.29, 1.82) is 0 Å². The second-order valence-electron chi connectivity index (χ2n) is 7.64. The minimum Gasteiger partial charge on any atom is -0.371 e. The Hall–Kier alpha value is -2.55. The molecule has 0 aliphatic carbocycles. The zero-order chi connectivity index (χ0) is 23.0. The minimum absolute atomic E-state index is 0.0714. The van der Waals surface area contributed by atoms with E-state index in [1.165, 1.54) is 11.8 Å². The summed E-state index contributed by atoms with van der Waals surface area (Å²) in [6.45, 7) is 1.32. The summed E-state index contributed by atoms with van der Waals surface area (Å²) in [6, 6.07) is 10.4. The first-order chi connectivity index (χ1) is 14.3. The molecule has 2 atom stereocenters. The van der Waals surface area contributed by atoms with Gasteiger partial charge in [0.15, 0.2) is 0 Å². The third-order valence-corrected chi connectivity index (χ3v) is 5.73. The fourth-order valence-corrected chi connectivity index (χ4v) is 3.80. The summed E-state index contributed by atoms with van der Waals surface area (Å²) in [5.74, 6) is -0.112. The summed E-state index contributed by atoms with van der Waals surface area (Å²) in [5, 5.41) is 0. The van der Waals surface area contributed by atoms with Gasteiger partial charge in [0.1, 0.15) is 0 Å². The van der Waals surface area contributed by atoms with Crippen molar-refractivity contribution in [2.75, 3.05) is 13.7 Å². The standard InChI is InChI=1S/C22H21F6NO2/c1-14(15-10-17(21(23,24)25)12-18(11-15)22(26,27)28)31-13-20(9-8-19(30)29(20)2)16-6-4-3-5-7-16/h3-7,10-12,14H,8-9,13H2,1-2H3/t14-,20-/m1/s1. The molecule has 1 fully saturated rings. The van der Waals surface area contributed by atoms with Crippen LogP contribution in [0.25, 0.3) is 0 Å². The van der Waals surface area contributed by atoms with Crippen molar-refractivity contribution in [1.82, 2.24) is 4.90 Å². The van der Waals surface area contributed by atoms with Crippen LogP contribution >= 0.6 is 0 Å². The van der Waals surface area contributed by atoms with Crippen molar-refractivity contribution in [2.45, 2.75) is 43.8 Å². The third-order valence-electron chi connectivity index (χ3n) is 5.73. The van der Waals surface area contributed by atoms with Gasteiger partial charge in [-0.3, -0.25) is 4.79 Å². The highest BCUT2D eigenvalue weighted by Gasteiger charge is 2.45. The lowest BCUT2D eigenvalue weighted by molar-refractivity contribution is -0.143. The topological polar surface area (TPSA) is 29.5 Å². The van der Waals surface area contributed by atoms with Gasteiger partial charge in [0.2, 0.25) is 5.91 Å². The first kappa shape index (κ1) is 23.1. The minimum atomic E-state index is -4.93. The number of carbonyl (C=O) groups excluding carboxylic acids is 1. The average Bonchev–Trinajstić information content (AvgIpc) is 3.00. The van der Waals surface area contributed by atoms with Gasteiger partial charge in [-0.15, -0.1) is 0 Å². The summed E-state index contributed by atoms with van der Waals surface area (Å²) in [4.78, 5) is 13.7. The number of halogens is 6. The lowest BCUT2D eigenvalue weighted by Crippen LogP contribution is -2.44. The van der Waals surface area contributed by atoms with Crippen LogP contribution in [0, 0.1) is 0 Å². The van der Waals surface area contributed by atoms with Crippen molar-refractivity contribution in [3.63, 3.8) is 0 Å². The van der Waals surface area contributed by atoms with Gasteiger partial charge in [0.25, 0.3) is 0 Å². The molecule has 3 nitrogen and oxygen atoms in total.